The topological polar surface area (TPSA) is 92.7 Å². The Bertz CT molecular complexity index is 1330. The van der Waals surface area contributed by atoms with Crippen molar-refractivity contribution < 1.29 is 4.79 Å². The van der Waals surface area contributed by atoms with E-state index in [0.717, 1.165) is 46.3 Å². The van der Waals surface area contributed by atoms with Gasteiger partial charge in [0.25, 0.3) is 5.56 Å². The smallest absolute Gasteiger partial charge is 0.259 e. The van der Waals surface area contributed by atoms with Gasteiger partial charge >= 0.3 is 0 Å². The normalized spacial score (nSPS) is 13.6. The van der Waals surface area contributed by atoms with E-state index >= 15 is 0 Å². The lowest BCUT2D eigenvalue weighted by Gasteiger charge is -2.09. The van der Waals surface area contributed by atoms with Crippen molar-refractivity contribution in [2.45, 2.75) is 52.0 Å². The third-order valence-corrected chi connectivity index (χ3v) is 7.15. The Balaban J connectivity index is 1.20. The Kier molecular flexibility index (Phi) is 5.31. The van der Waals surface area contributed by atoms with Crippen molar-refractivity contribution in [3.8, 4) is 0 Å². The third kappa shape index (κ3) is 3.87. The van der Waals surface area contributed by atoms with Gasteiger partial charge in [-0.3, -0.25) is 9.59 Å². The molecule has 5 rings (SSSR count). The molecule has 0 bridgehead atoms. The van der Waals surface area contributed by atoms with Crippen molar-refractivity contribution in [2.24, 2.45) is 0 Å². The number of hydrogen-bond acceptors (Lipinski definition) is 5. The summed E-state index contributed by atoms with van der Waals surface area (Å²) in [5.74, 6) is 1.47. The molecule has 31 heavy (non-hydrogen) atoms. The molecule has 8 heteroatoms. The number of aryl methyl sites for hydroxylation is 4. The maximum Gasteiger partial charge on any atom is 0.259 e. The zero-order valence-corrected chi connectivity index (χ0v) is 18.3. The van der Waals surface area contributed by atoms with E-state index < -0.39 is 0 Å². The second-order valence-corrected chi connectivity index (χ2v) is 9.14. The van der Waals surface area contributed by atoms with Crippen LogP contribution in [0.1, 0.15) is 41.4 Å². The van der Waals surface area contributed by atoms with E-state index in [4.69, 9.17) is 0 Å². The predicted octanol–water partition coefficient (Wildman–Crippen LogP) is 3.27. The Hall–Kier alpha value is -3.00. The van der Waals surface area contributed by atoms with Gasteiger partial charge in [0.2, 0.25) is 5.91 Å². The highest BCUT2D eigenvalue weighted by molar-refractivity contribution is 7.18. The van der Waals surface area contributed by atoms with E-state index in [-0.39, 0.29) is 11.5 Å². The Morgan fingerprint density at radius 1 is 1.23 bits per heavy atom. The number of benzene rings is 1. The molecule has 3 heterocycles. The number of aromatic nitrogens is 4. The van der Waals surface area contributed by atoms with Crippen LogP contribution in [-0.4, -0.2) is 32.0 Å². The molecule has 0 unspecified atom stereocenters. The molecule has 0 spiro atoms. The number of imidazole rings is 1. The van der Waals surface area contributed by atoms with Gasteiger partial charge in [-0.05, 0) is 50.3 Å². The molecule has 1 aliphatic rings. The van der Waals surface area contributed by atoms with Crippen LogP contribution >= 0.6 is 11.3 Å². The van der Waals surface area contributed by atoms with Gasteiger partial charge in [-0.1, -0.05) is 12.1 Å². The van der Waals surface area contributed by atoms with Crippen LogP contribution in [0, 0.1) is 6.92 Å². The summed E-state index contributed by atoms with van der Waals surface area (Å²) in [5.41, 5.74) is 3.16. The summed E-state index contributed by atoms with van der Waals surface area (Å²) in [6, 6.07) is 8.00. The molecule has 1 amide bonds. The highest BCUT2D eigenvalue weighted by atomic mass is 32.1. The lowest BCUT2D eigenvalue weighted by atomic mass is 9.97. The summed E-state index contributed by atoms with van der Waals surface area (Å²) in [4.78, 5) is 39.2. The monoisotopic (exact) mass is 435 g/mol. The van der Waals surface area contributed by atoms with E-state index in [0.29, 0.717) is 31.8 Å². The number of carbonyl (C=O) groups excluding carboxylic acids is 1. The van der Waals surface area contributed by atoms with Crippen LogP contribution in [-0.2, 0) is 30.6 Å². The van der Waals surface area contributed by atoms with Gasteiger partial charge in [0.15, 0.2) is 0 Å². The molecule has 0 saturated heterocycles. The van der Waals surface area contributed by atoms with E-state index in [1.54, 1.807) is 11.3 Å². The van der Waals surface area contributed by atoms with Crippen LogP contribution in [0.4, 0.5) is 0 Å². The van der Waals surface area contributed by atoms with Gasteiger partial charge in [0.1, 0.15) is 16.5 Å². The van der Waals surface area contributed by atoms with Crippen molar-refractivity contribution in [1.82, 2.24) is 24.8 Å². The summed E-state index contributed by atoms with van der Waals surface area (Å²) in [6.07, 6.45) is 5.04. The molecule has 0 atom stereocenters. The van der Waals surface area contributed by atoms with Gasteiger partial charge in [0, 0.05) is 30.8 Å². The van der Waals surface area contributed by atoms with Crippen molar-refractivity contribution in [1.29, 1.82) is 0 Å². The van der Waals surface area contributed by atoms with Crippen LogP contribution < -0.4 is 10.9 Å². The molecule has 4 aromatic rings. The van der Waals surface area contributed by atoms with E-state index in [1.165, 1.54) is 16.9 Å². The van der Waals surface area contributed by atoms with Crippen molar-refractivity contribution in [3.63, 3.8) is 0 Å². The molecule has 0 aliphatic heterocycles. The maximum absolute atomic E-state index is 12.6. The molecule has 2 N–H and O–H groups in total. The minimum absolute atomic E-state index is 0.0460. The van der Waals surface area contributed by atoms with Gasteiger partial charge in [-0.15, -0.1) is 11.3 Å². The third-order valence-electron chi connectivity index (χ3n) is 5.97. The highest BCUT2D eigenvalue weighted by Crippen LogP contribution is 2.33. The van der Waals surface area contributed by atoms with Crippen LogP contribution in [0.15, 0.2) is 29.1 Å². The van der Waals surface area contributed by atoms with E-state index in [2.05, 4.69) is 24.8 Å². The number of carbonyl (C=O) groups is 1. The Morgan fingerprint density at radius 2 is 2.06 bits per heavy atom. The average Bonchev–Trinajstić information content (AvgIpc) is 3.29. The summed E-state index contributed by atoms with van der Waals surface area (Å²) in [7, 11) is 0. The van der Waals surface area contributed by atoms with Crippen molar-refractivity contribution >= 4 is 38.5 Å². The molecule has 3 aromatic heterocycles. The molecule has 1 aromatic carbocycles. The molecule has 0 fully saturated rings. The van der Waals surface area contributed by atoms with E-state index in [9.17, 15) is 9.59 Å². The standard InChI is InChI=1S/C23H25N5O2S/c1-14-25-16-7-3-4-8-17(16)28(14)13-12-24-20(29)11-10-19-26-22(30)21-15-6-2-5-9-18(15)31-23(21)27-19/h3-4,7-8H,2,5-6,9-13H2,1H3,(H,24,29)(H,26,27,30). The summed E-state index contributed by atoms with van der Waals surface area (Å²) >= 11 is 1.64. The average molecular weight is 436 g/mol. The fourth-order valence-corrected chi connectivity index (χ4v) is 5.71. The van der Waals surface area contributed by atoms with Gasteiger partial charge in [-0.2, -0.15) is 0 Å². The molecule has 160 valence electrons. The minimum atomic E-state index is -0.0673. The first kappa shape index (κ1) is 19.9. The quantitative estimate of drug-likeness (QED) is 0.486. The second kappa shape index (κ2) is 8.26. The highest BCUT2D eigenvalue weighted by Gasteiger charge is 2.20. The first-order valence-corrected chi connectivity index (χ1v) is 11.6. The fourth-order valence-electron chi connectivity index (χ4n) is 4.43. The lowest BCUT2D eigenvalue weighted by molar-refractivity contribution is -0.121. The van der Waals surface area contributed by atoms with Gasteiger partial charge < -0.3 is 14.9 Å². The van der Waals surface area contributed by atoms with Crippen molar-refractivity contribution in [3.05, 3.63) is 56.7 Å². The number of hydrogen-bond donors (Lipinski definition) is 2. The Labute approximate surface area is 183 Å². The number of amides is 1. The molecular formula is C23H25N5O2S. The first-order chi connectivity index (χ1) is 15.1. The molecule has 0 radical (unpaired) electrons. The summed E-state index contributed by atoms with van der Waals surface area (Å²) in [6.45, 7) is 3.17. The van der Waals surface area contributed by atoms with Crippen LogP contribution in [0.2, 0.25) is 0 Å². The number of thiophene rings is 1. The summed E-state index contributed by atoms with van der Waals surface area (Å²) < 4.78 is 2.11. The van der Waals surface area contributed by atoms with Crippen LogP contribution in [0.3, 0.4) is 0 Å². The zero-order chi connectivity index (χ0) is 21.4. The van der Waals surface area contributed by atoms with Gasteiger partial charge in [0.05, 0.1) is 16.4 Å². The lowest BCUT2D eigenvalue weighted by Crippen LogP contribution is -2.28. The largest absolute Gasteiger partial charge is 0.354 e. The van der Waals surface area contributed by atoms with E-state index in [1.807, 2.05) is 31.2 Å². The molecule has 1 aliphatic carbocycles. The maximum atomic E-state index is 12.6. The number of nitrogens with one attached hydrogen (secondary N) is 2. The first-order valence-electron chi connectivity index (χ1n) is 10.8. The number of fused-ring (bicyclic) bond motifs is 4. The molecule has 7 nitrogen and oxygen atoms in total. The van der Waals surface area contributed by atoms with Crippen LogP contribution in [0.25, 0.3) is 21.3 Å². The fraction of sp³-hybridized carbons (Fsp3) is 0.391. The second-order valence-electron chi connectivity index (χ2n) is 8.05. The zero-order valence-electron chi connectivity index (χ0n) is 17.5. The predicted molar refractivity (Wildman–Crippen MR) is 123 cm³/mol. The van der Waals surface area contributed by atoms with Crippen molar-refractivity contribution in [2.75, 3.05) is 6.54 Å². The Morgan fingerprint density at radius 3 is 2.97 bits per heavy atom. The number of para-hydroxylation sites is 2. The SMILES string of the molecule is Cc1nc2ccccc2n1CCNC(=O)CCc1nc2sc3c(c2c(=O)[nH]1)CCCC3. The van der Waals surface area contributed by atoms with Gasteiger partial charge in [-0.25, -0.2) is 9.97 Å². The molecule has 0 saturated carbocycles. The number of rotatable bonds is 6. The van der Waals surface area contributed by atoms with Crippen LogP contribution in [0.5, 0.6) is 0 Å². The number of aromatic amines is 1. The summed E-state index contributed by atoms with van der Waals surface area (Å²) in [5, 5.41) is 3.73. The number of nitrogens with zero attached hydrogens (tertiary/aromatic N) is 3. The minimum Gasteiger partial charge on any atom is -0.354 e. The number of H-pyrrole nitrogens is 1. The molecular weight excluding hydrogens is 410 g/mol.